The van der Waals surface area contributed by atoms with E-state index >= 15 is 0 Å². The number of aromatic nitrogens is 1. The van der Waals surface area contributed by atoms with E-state index in [1.165, 1.54) is 12.1 Å². The summed E-state index contributed by atoms with van der Waals surface area (Å²) in [5.74, 6) is -1.48. The summed E-state index contributed by atoms with van der Waals surface area (Å²) in [5.41, 5.74) is 1.98. The summed E-state index contributed by atoms with van der Waals surface area (Å²) in [6.07, 6.45) is 4.31. The Labute approximate surface area is 211 Å². The first-order chi connectivity index (χ1) is 17.6. The number of morpholine rings is 1. The lowest BCUT2D eigenvalue weighted by Gasteiger charge is -2.40. The van der Waals surface area contributed by atoms with Crippen LogP contribution in [0, 0.1) is 5.82 Å². The van der Waals surface area contributed by atoms with Gasteiger partial charge in [-0.1, -0.05) is 6.07 Å². The van der Waals surface area contributed by atoms with E-state index in [0.29, 0.717) is 13.1 Å². The van der Waals surface area contributed by atoms with Gasteiger partial charge in [-0.25, -0.2) is 4.39 Å². The van der Waals surface area contributed by atoms with Crippen molar-refractivity contribution in [2.24, 2.45) is 0 Å². The molecule has 0 radical (unpaired) electrons. The van der Waals surface area contributed by atoms with Gasteiger partial charge >= 0.3 is 11.8 Å². The zero-order valence-electron chi connectivity index (χ0n) is 20.6. The molecule has 1 atom stereocenters. The maximum absolute atomic E-state index is 13.3. The van der Waals surface area contributed by atoms with Crippen LogP contribution in [-0.4, -0.2) is 98.7 Å². The number of nitrogens with one attached hydrogen (secondary N) is 2. The first-order valence-electron chi connectivity index (χ1n) is 12.6. The number of carbonyl (C=O) groups excluding carboxylic acids is 2. The van der Waals surface area contributed by atoms with E-state index in [-0.39, 0.29) is 11.9 Å². The van der Waals surface area contributed by atoms with Gasteiger partial charge in [-0.15, -0.1) is 0 Å². The summed E-state index contributed by atoms with van der Waals surface area (Å²) < 4.78 is 18.6. The Morgan fingerprint density at radius 3 is 2.39 bits per heavy atom. The molecule has 2 amide bonds. The minimum absolute atomic E-state index is 0.105. The number of hydrogen-bond donors (Lipinski definition) is 2. The number of ether oxygens (including phenoxy) is 1. The molecule has 3 heterocycles. The number of amides is 2. The Kier molecular flexibility index (Phi) is 9.60. The van der Waals surface area contributed by atoms with Crippen LogP contribution in [0.25, 0.3) is 0 Å². The van der Waals surface area contributed by atoms with Crippen molar-refractivity contribution < 1.29 is 18.7 Å². The number of carbonyl (C=O) groups is 2. The average Bonchev–Trinajstić information content (AvgIpc) is 2.93. The lowest BCUT2D eigenvalue weighted by Crippen LogP contribution is -2.51. The molecule has 36 heavy (non-hydrogen) atoms. The number of halogens is 1. The lowest BCUT2D eigenvalue weighted by molar-refractivity contribution is -0.139. The molecule has 1 aromatic heterocycles. The van der Waals surface area contributed by atoms with Gasteiger partial charge in [-0.05, 0) is 48.9 Å². The smallest absolute Gasteiger partial charge is 0.309 e. The number of benzene rings is 1. The fourth-order valence-corrected chi connectivity index (χ4v) is 4.65. The molecule has 9 nitrogen and oxygen atoms in total. The van der Waals surface area contributed by atoms with Crippen molar-refractivity contribution in [2.75, 3.05) is 77.0 Å². The Morgan fingerprint density at radius 2 is 1.69 bits per heavy atom. The highest BCUT2D eigenvalue weighted by molar-refractivity contribution is 6.35. The zero-order valence-corrected chi connectivity index (χ0v) is 20.6. The molecule has 4 rings (SSSR count). The lowest BCUT2D eigenvalue weighted by atomic mass is 10.1. The molecule has 0 unspecified atom stereocenters. The summed E-state index contributed by atoms with van der Waals surface area (Å²) in [6.45, 7) is 8.02. The van der Waals surface area contributed by atoms with E-state index in [4.69, 9.17) is 4.74 Å². The van der Waals surface area contributed by atoms with Crippen molar-refractivity contribution in [3.05, 3.63) is 60.2 Å². The third kappa shape index (κ3) is 7.46. The molecule has 194 valence electrons. The van der Waals surface area contributed by atoms with E-state index in [1.807, 2.05) is 12.1 Å². The molecule has 2 aliphatic rings. The summed E-state index contributed by atoms with van der Waals surface area (Å²) in [5, 5.41) is 5.54. The van der Waals surface area contributed by atoms with Crippen molar-refractivity contribution in [2.45, 2.75) is 12.5 Å². The Morgan fingerprint density at radius 1 is 0.972 bits per heavy atom. The molecule has 10 heteroatoms. The molecular formula is C26H35FN6O3. The normalized spacial score (nSPS) is 18.0. The molecule has 0 saturated carbocycles. The van der Waals surface area contributed by atoms with E-state index in [0.717, 1.165) is 76.7 Å². The number of piperazine rings is 1. The average molecular weight is 499 g/mol. The van der Waals surface area contributed by atoms with Crippen LogP contribution < -0.4 is 15.5 Å². The number of pyridine rings is 1. The van der Waals surface area contributed by atoms with Crippen molar-refractivity contribution in [1.29, 1.82) is 0 Å². The van der Waals surface area contributed by atoms with Crippen molar-refractivity contribution in [3.63, 3.8) is 0 Å². The molecule has 0 aliphatic carbocycles. The van der Waals surface area contributed by atoms with Crippen LogP contribution in [0.4, 0.5) is 10.1 Å². The van der Waals surface area contributed by atoms with Gasteiger partial charge in [0.2, 0.25) is 0 Å². The fraction of sp³-hybridized carbons (Fsp3) is 0.500. The highest BCUT2D eigenvalue weighted by atomic mass is 19.1. The number of rotatable bonds is 9. The van der Waals surface area contributed by atoms with Gasteiger partial charge in [0, 0.05) is 70.4 Å². The van der Waals surface area contributed by atoms with Crippen LogP contribution in [-0.2, 0) is 14.3 Å². The molecule has 2 saturated heterocycles. The quantitative estimate of drug-likeness (QED) is 0.394. The van der Waals surface area contributed by atoms with Gasteiger partial charge in [-0.3, -0.25) is 24.4 Å². The number of anilines is 1. The van der Waals surface area contributed by atoms with Crippen LogP contribution >= 0.6 is 0 Å². The summed E-state index contributed by atoms with van der Waals surface area (Å²) >= 11 is 0. The minimum atomic E-state index is -0.625. The SMILES string of the molecule is O=C(NCCCN1CCOCC1)C(=O)NC[C@@H](c1cccnc1)N1CCN(c2ccc(F)cc2)CC1. The molecule has 0 bridgehead atoms. The Hall–Kier alpha value is -3.08. The number of nitrogens with zero attached hydrogens (tertiary/aromatic N) is 4. The van der Waals surface area contributed by atoms with E-state index < -0.39 is 11.8 Å². The van der Waals surface area contributed by atoms with Gasteiger partial charge < -0.3 is 20.3 Å². The maximum Gasteiger partial charge on any atom is 0.309 e. The second-order valence-corrected chi connectivity index (χ2v) is 9.08. The van der Waals surface area contributed by atoms with E-state index in [1.54, 1.807) is 24.5 Å². The van der Waals surface area contributed by atoms with Crippen LogP contribution in [0.3, 0.4) is 0 Å². The van der Waals surface area contributed by atoms with Crippen LogP contribution in [0.2, 0.25) is 0 Å². The predicted molar refractivity (Wildman–Crippen MR) is 135 cm³/mol. The third-order valence-electron chi connectivity index (χ3n) is 6.72. The second kappa shape index (κ2) is 13.3. The first-order valence-corrected chi connectivity index (χ1v) is 12.6. The Balaban J connectivity index is 1.26. The molecular weight excluding hydrogens is 463 g/mol. The van der Waals surface area contributed by atoms with Crippen molar-refractivity contribution in [3.8, 4) is 0 Å². The highest BCUT2D eigenvalue weighted by Gasteiger charge is 2.27. The standard InChI is InChI=1S/C26H35FN6O3/c27-22-4-6-23(7-5-22)32-11-13-33(14-12-32)24(21-3-1-8-28-19-21)20-30-26(35)25(34)29-9-2-10-31-15-17-36-18-16-31/h1,3-8,19,24H,2,9-18,20H2,(H,29,34)(H,30,35)/t24-/m0/s1. The van der Waals surface area contributed by atoms with Gasteiger partial charge in [0.15, 0.2) is 0 Å². The van der Waals surface area contributed by atoms with Gasteiger partial charge in [0.1, 0.15) is 5.82 Å². The maximum atomic E-state index is 13.3. The van der Waals surface area contributed by atoms with Crippen LogP contribution in [0.5, 0.6) is 0 Å². The molecule has 2 fully saturated rings. The van der Waals surface area contributed by atoms with Gasteiger partial charge in [-0.2, -0.15) is 0 Å². The zero-order chi connectivity index (χ0) is 25.2. The Bertz CT molecular complexity index is 963. The third-order valence-corrected chi connectivity index (χ3v) is 6.72. The summed E-state index contributed by atoms with van der Waals surface area (Å²) in [7, 11) is 0. The van der Waals surface area contributed by atoms with Crippen molar-refractivity contribution in [1.82, 2.24) is 25.4 Å². The van der Waals surface area contributed by atoms with E-state index in [2.05, 4.69) is 30.3 Å². The topological polar surface area (TPSA) is 90.0 Å². The summed E-state index contributed by atoms with van der Waals surface area (Å²) in [6, 6.07) is 10.3. The monoisotopic (exact) mass is 498 g/mol. The molecule has 1 aromatic carbocycles. The molecule has 2 aromatic rings. The summed E-state index contributed by atoms with van der Waals surface area (Å²) in [4.78, 5) is 35.9. The largest absolute Gasteiger partial charge is 0.379 e. The number of hydrogen-bond acceptors (Lipinski definition) is 7. The van der Waals surface area contributed by atoms with Crippen molar-refractivity contribution >= 4 is 17.5 Å². The minimum Gasteiger partial charge on any atom is -0.379 e. The second-order valence-electron chi connectivity index (χ2n) is 9.08. The fourth-order valence-electron chi connectivity index (χ4n) is 4.65. The predicted octanol–water partition coefficient (Wildman–Crippen LogP) is 1.04. The first kappa shape index (κ1) is 26.0. The van der Waals surface area contributed by atoms with Crippen LogP contribution in [0.1, 0.15) is 18.0 Å². The van der Waals surface area contributed by atoms with Crippen LogP contribution in [0.15, 0.2) is 48.8 Å². The molecule has 0 spiro atoms. The van der Waals surface area contributed by atoms with Gasteiger partial charge in [0.25, 0.3) is 0 Å². The van der Waals surface area contributed by atoms with Gasteiger partial charge in [0.05, 0.1) is 19.3 Å². The molecule has 2 N–H and O–H groups in total. The highest BCUT2D eigenvalue weighted by Crippen LogP contribution is 2.23. The van der Waals surface area contributed by atoms with E-state index in [9.17, 15) is 14.0 Å². The molecule has 2 aliphatic heterocycles.